The van der Waals surface area contributed by atoms with E-state index in [0.29, 0.717) is 34.6 Å². The van der Waals surface area contributed by atoms with E-state index < -0.39 is 11.9 Å². The Morgan fingerprint density at radius 3 is 2.48 bits per heavy atom. The maximum absolute atomic E-state index is 14.0. The fourth-order valence-corrected chi connectivity index (χ4v) is 4.91. The van der Waals surface area contributed by atoms with Crippen molar-refractivity contribution in [2.24, 2.45) is 5.92 Å². The molecule has 3 aromatic rings. The molecule has 4 unspecified atom stereocenters. The summed E-state index contributed by atoms with van der Waals surface area (Å²) in [6.07, 6.45) is 5.78. The molecule has 9 nitrogen and oxygen atoms in total. The number of aliphatic hydroxyl groups excluding tert-OH is 1. The summed E-state index contributed by atoms with van der Waals surface area (Å²) in [4.78, 5) is 21.0. The molecule has 40 heavy (non-hydrogen) atoms. The van der Waals surface area contributed by atoms with Crippen molar-refractivity contribution in [3.05, 3.63) is 53.6 Å². The maximum atomic E-state index is 14.0. The number of phenols is 1. The van der Waals surface area contributed by atoms with Gasteiger partial charge in [0.05, 0.1) is 18.1 Å². The SMILES string of the molecule is C=O.CCCC(C)NC.COc1cc(F)cc(C(O)c2nc3cc(O)ccc3n2C2CCCC(C)C2)c1.O=CO. The molecule has 2 aromatic carbocycles. The third kappa shape index (κ3) is 9.91. The lowest BCUT2D eigenvalue weighted by molar-refractivity contribution is -0.122. The molecule has 1 heterocycles. The minimum Gasteiger partial charge on any atom is -0.508 e. The number of rotatable bonds is 7. The molecule has 0 bridgehead atoms. The monoisotopic (exact) mass is 561 g/mol. The lowest BCUT2D eigenvalue weighted by Crippen LogP contribution is -2.21. The Bertz CT molecular complexity index is 1170. The highest BCUT2D eigenvalue weighted by molar-refractivity contribution is 5.78. The lowest BCUT2D eigenvalue weighted by atomic mass is 9.86. The molecule has 0 aliphatic heterocycles. The van der Waals surface area contributed by atoms with Gasteiger partial charge in [-0.25, -0.2) is 9.37 Å². The zero-order chi connectivity index (χ0) is 30.2. The first-order valence-corrected chi connectivity index (χ1v) is 13.5. The van der Waals surface area contributed by atoms with Crippen molar-refractivity contribution in [2.75, 3.05) is 14.2 Å². The number of phenolic OH excluding ortho intramolecular Hbond substituents is 1. The number of carbonyl (C=O) groups excluding carboxylic acids is 1. The van der Waals surface area contributed by atoms with E-state index in [1.165, 1.54) is 38.5 Å². The summed E-state index contributed by atoms with van der Waals surface area (Å²) in [5.41, 5.74) is 1.88. The van der Waals surface area contributed by atoms with Gasteiger partial charge in [-0.3, -0.25) is 4.79 Å². The second-order valence-corrected chi connectivity index (χ2v) is 9.85. The third-order valence-electron chi connectivity index (χ3n) is 6.88. The van der Waals surface area contributed by atoms with Gasteiger partial charge in [-0.2, -0.15) is 0 Å². The van der Waals surface area contributed by atoms with E-state index in [1.54, 1.807) is 18.2 Å². The predicted molar refractivity (Wildman–Crippen MR) is 154 cm³/mol. The number of carbonyl (C=O) groups is 2. The quantitative estimate of drug-likeness (QED) is 0.273. The number of nitrogens with one attached hydrogen (secondary N) is 1. The highest BCUT2D eigenvalue weighted by atomic mass is 19.1. The summed E-state index contributed by atoms with van der Waals surface area (Å²) < 4.78 is 21.2. The minimum absolute atomic E-state index is 0.127. The average molecular weight is 562 g/mol. The predicted octanol–water partition coefficient (Wildman–Crippen LogP) is 5.63. The number of ether oxygens (including phenoxy) is 1. The van der Waals surface area contributed by atoms with Crippen LogP contribution < -0.4 is 10.1 Å². The van der Waals surface area contributed by atoms with E-state index in [-0.39, 0.29) is 18.3 Å². The number of aromatic hydroxyl groups is 1. The molecule has 1 saturated carbocycles. The van der Waals surface area contributed by atoms with Crippen LogP contribution >= 0.6 is 0 Å². The van der Waals surface area contributed by atoms with E-state index in [9.17, 15) is 14.6 Å². The molecule has 1 aliphatic rings. The highest BCUT2D eigenvalue weighted by Gasteiger charge is 2.28. The van der Waals surface area contributed by atoms with Gasteiger partial charge in [0.1, 0.15) is 36.0 Å². The standard InChI is InChI=1S/C22H25FN2O3.C6H15N.CH2O2.CH2O/c1-13-4-3-5-16(8-13)25-20-7-6-17(26)12-19(20)24-22(25)21(27)14-9-15(23)11-18(10-14)28-2;1-4-5-6(2)7-3;2-1-3;1-2/h6-7,9-13,16,21,26-27H,3-5,8H2,1-2H3;6-7H,4-5H2,1-3H3;1H,(H,2,3);1H2. The van der Waals surface area contributed by atoms with Crippen molar-refractivity contribution in [3.63, 3.8) is 0 Å². The molecule has 0 amide bonds. The Labute approximate surface area is 236 Å². The Kier molecular flexibility index (Phi) is 15.5. The topological polar surface area (TPSA) is 134 Å². The summed E-state index contributed by atoms with van der Waals surface area (Å²) in [7, 11) is 3.46. The number of aliphatic hydroxyl groups is 1. The van der Waals surface area contributed by atoms with Crippen molar-refractivity contribution in [1.29, 1.82) is 0 Å². The van der Waals surface area contributed by atoms with Crippen LogP contribution in [0.15, 0.2) is 36.4 Å². The Hall–Kier alpha value is -3.50. The van der Waals surface area contributed by atoms with Gasteiger partial charge in [-0.05, 0) is 69.0 Å². The molecule has 4 N–H and O–H groups in total. The number of aromatic nitrogens is 2. The Balaban J connectivity index is 0.000000569. The summed E-state index contributed by atoms with van der Waals surface area (Å²) in [5, 5.41) is 31.0. The second-order valence-electron chi connectivity index (χ2n) is 9.85. The number of fused-ring (bicyclic) bond motifs is 1. The number of imidazole rings is 1. The van der Waals surface area contributed by atoms with Crippen LogP contribution in [0.5, 0.6) is 11.5 Å². The molecule has 0 spiro atoms. The normalized spacial score (nSPS) is 17.6. The number of benzene rings is 2. The van der Waals surface area contributed by atoms with Gasteiger partial charge in [0.15, 0.2) is 0 Å². The molecule has 10 heteroatoms. The molecule has 1 aliphatic carbocycles. The van der Waals surface area contributed by atoms with Crippen molar-refractivity contribution in [3.8, 4) is 11.5 Å². The molecular formula is C30H44FN3O6. The Morgan fingerprint density at radius 2 is 1.93 bits per heavy atom. The zero-order valence-corrected chi connectivity index (χ0v) is 24.1. The largest absolute Gasteiger partial charge is 0.508 e. The number of hydrogen-bond donors (Lipinski definition) is 4. The first-order chi connectivity index (χ1) is 19.2. The molecule has 0 radical (unpaired) electrons. The van der Waals surface area contributed by atoms with Crippen LogP contribution in [-0.2, 0) is 9.59 Å². The summed E-state index contributed by atoms with van der Waals surface area (Å²) in [6.45, 7) is 8.39. The Morgan fingerprint density at radius 1 is 1.25 bits per heavy atom. The van der Waals surface area contributed by atoms with Crippen LogP contribution in [0.3, 0.4) is 0 Å². The van der Waals surface area contributed by atoms with Gasteiger partial charge in [0, 0.05) is 24.2 Å². The van der Waals surface area contributed by atoms with E-state index in [1.807, 2.05) is 19.9 Å². The van der Waals surface area contributed by atoms with Crippen LogP contribution in [0.1, 0.15) is 82.8 Å². The van der Waals surface area contributed by atoms with E-state index in [4.69, 9.17) is 19.4 Å². The van der Waals surface area contributed by atoms with Gasteiger partial charge < -0.3 is 34.7 Å². The van der Waals surface area contributed by atoms with E-state index in [2.05, 4.69) is 35.6 Å². The third-order valence-corrected chi connectivity index (χ3v) is 6.88. The molecule has 222 valence electrons. The van der Waals surface area contributed by atoms with E-state index in [0.717, 1.165) is 24.8 Å². The van der Waals surface area contributed by atoms with Crippen molar-refractivity contribution in [2.45, 2.75) is 77.5 Å². The number of methoxy groups -OCH3 is 1. The molecule has 1 aromatic heterocycles. The number of carboxylic acid groups (broad SMARTS) is 1. The number of nitrogens with zero attached hydrogens (tertiary/aromatic N) is 2. The van der Waals surface area contributed by atoms with Crippen LogP contribution in [0.4, 0.5) is 4.39 Å². The van der Waals surface area contributed by atoms with Gasteiger partial charge in [0.2, 0.25) is 0 Å². The lowest BCUT2D eigenvalue weighted by Gasteiger charge is -2.30. The molecule has 4 atom stereocenters. The second kappa shape index (κ2) is 18.0. The van der Waals surface area contributed by atoms with Crippen LogP contribution in [-0.4, -0.2) is 58.3 Å². The van der Waals surface area contributed by atoms with Crippen LogP contribution in [0, 0.1) is 11.7 Å². The van der Waals surface area contributed by atoms with Gasteiger partial charge in [-0.1, -0.05) is 33.1 Å². The fraction of sp³-hybridized carbons (Fsp3) is 0.500. The smallest absolute Gasteiger partial charge is 0.290 e. The van der Waals surface area contributed by atoms with Gasteiger partial charge in [-0.15, -0.1) is 0 Å². The van der Waals surface area contributed by atoms with Crippen molar-refractivity contribution < 1.29 is 34.0 Å². The average Bonchev–Trinajstić information content (AvgIpc) is 3.32. The van der Waals surface area contributed by atoms with E-state index >= 15 is 0 Å². The van der Waals surface area contributed by atoms with Crippen molar-refractivity contribution >= 4 is 24.3 Å². The molecule has 1 fully saturated rings. The highest BCUT2D eigenvalue weighted by Crippen LogP contribution is 2.38. The fourth-order valence-electron chi connectivity index (χ4n) is 4.91. The maximum Gasteiger partial charge on any atom is 0.290 e. The van der Waals surface area contributed by atoms with Gasteiger partial charge >= 0.3 is 0 Å². The van der Waals surface area contributed by atoms with Crippen LogP contribution in [0.25, 0.3) is 11.0 Å². The molecular weight excluding hydrogens is 517 g/mol. The molecule has 4 rings (SSSR count). The minimum atomic E-state index is -1.10. The summed E-state index contributed by atoms with van der Waals surface area (Å²) in [6, 6.07) is 10.2. The van der Waals surface area contributed by atoms with Crippen LogP contribution in [0.2, 0.25) is 0 Å². The van der Waals surface area contributed by atoms with Crippen molar-refractivity contribution in [1.82, 2.24) is 14.9 Å². The van der Waals surface area contributed by atoms with Gasteiger partial charge in [0.25, 0.3) is 6.47 Å². The number of halogens is 1. The number of hydrogen-bond acceptors (Lipinski definition) is 7. The summed E-state index contributed by atoms with van der Waals surface area (Å²) in [5.74, 6) is 1.06. The first kappa shape index (κ1) is 34.5. The zero-order valence-electron chi connectivity index (χ0n) is 24.1. The molecule has 0 saturated heterocycles. The first-order valence-electron chi connectivity index (χ1n) is 13.5. The summed E-state index contributed by atoms with van der Waals surface area (Å²) >= 11 is 0.